The predicted octanol–water partition coefficient (Wildman–Crippen LogP) is 2.11. The second kappa shape index (κ2) is 6.20. The van der Waals surface area contributed by atoms with Gasteiger partial charge in [0.25, 0.3) is 0 Å². The molecule has 0 N–H and O–H groups in total. The Bertz CT molecular complexity index is 462. The van der Waals surface area contributed by atoms with Crippen molar-refractivity contribution in [3.63, 3.8) is 0 Å². The first kappa shape index (κ1) is 14.2. The molecule has 0 aliphatic carbocycles. The van der Waals surface area contributed by atoms with Crippen LogP contribution in [0.4, 0.5) is 5.69 Å². The van der Waals surface area contributed by atoms with Gasteiger partial charge in [-0.1, -0.05) is 11.6 Å². The summed E-state index contributed by atoms with van der Waals surface area (Å²) in [5.41, 5.74) is -0.170. The predicted molar refractivity (Wildman–Crippen MR) is 66.9 cm³/mol. The number of benzene rings is 1. The molecular weight excluding hydrogens is 260 g/mol. The average molecular weight is 273 g/mol. The van der Waals surface area contributed by atoms with Crippen molar-refractivity contribution < 1.29 is 14.5 Å². The summed E-state index contributed by atoms with van der Waals surface area (Å²) in [5, 5.41) is 11.1. The van der Waals surface area contributed by atoms with Gasteiger partial charge in [0, 0.05) is 31.3 Å². The maximum atomic E-state index is 11.3. The average Bonchev–Trinajstić information content (AvgIpc) is 2.28. The van der Waals surface area contributed by atoms with E-state index in [9.17, 15) is 14.9 Å². The van der Waals surface area contributed by atoms with Crippen molar-refractivity contribution in [2.24, 2.45) is 0 Å². The zero-order chi connectivity index (χ0) is 13.7. The highest BCUT2D eigenvalue weighted by Crippen LogP contribution is 2.29. The lowest BCUT2D eigenvalue weighted by Crippen LogP contribution is -2.23. The first-order valence-electron chi connectivity index (χ1n) is 5.18. The highest BCUT2D eigenvalue weighted by molar-refractivity contribution is 6.30. The molecule has 1 rings (SSSR count). The fourth-order valence-electron chi connectivity index (χ4n) is 1.23. The van der Waals surface area contributed by atoms with Gasteiger partial charge in [-0.2, -0.15) is 0 Å². The monoisotopic (exact) mass is 272 g/mol. The Morgan fingerprint density at radius 3 is 2.72 bits per heavy atom. The van der Waals surface area contributed by atoms with E-state index in [1.807, 2.05) is 0 Å². The van der Waals surface area contributed by atoms with Crippen molar-refractivity contribution >= 4 is 23.2 Å². The van der Waals surface area contributed by atoms with Crippen LogP contribution in [0, 0.1) is 10.1 Å². The van der Waals surface area contributed by atoms with Gasteiger partial charge in [0.15, 0.2) is 5.75 Å². The van der Waals surface area contributed by atoms with Crippen LogP contribution >= 0.6 is 11.6 Å². The number of carbonyl (C=O) groups is 1. The maximum absolute atomic E-state index is 11.3. The number of nitrogens with zero attached hydrogens (tertiary/aromatic N) is 2. The molecule has 0 atom stereocenters. The van der Waals surface area contributed by atoms with Crippen LogP contribution in [-0.4, -0.2) is 36.4 Å². The minimum Gasteiger partial charge on any atom is -0.486 e. The molecule has 0 aliphatic heterocycles. The molecule has 0 saturated carbocycles. The van der Waals surface area contributed by atoms with Crippen LogP contribution in [0.1, 0.15) is 6.42 Å². The lowest BCUT2D eigenvalue weighted by molar-refractivity contribution is -0.385. The van der Waals surface area contributed by atoms with E-state index in [4.69, 9.17) is 16.3 Å². The van der Waals surface area contributed by atoms with Gasteiger partial charge in [0.2, 0.25) is 5.91 Å². The minimum atomic E-state index is -0.556. The quantitative estimate of drug-likeness (QED) is 0.608. The Morgan fingerprint density at radius 1 is 1.50 bits per heavy atom. The Kier molecular flexibility index (Phi) is 4.91. The Morgan fingerprint density at radius 2 is 2.17 bits per heavy atom. The molecule has 0 aliphatic rings. The zero-order valence-corrected chi connectivity index (χ0v) is 10.8. The van der Waals surface area contributed by atoms with Gasteiger partial charge in [-0.3, -0.25) is 14.9 Å². The van der Waals surface area contributed by atoms with Crippen LogP contribution in [0.15, 0.2) is 18.2 Å². The van der Waals surface area contributed by atoms with Gasteiger partial charge in [-0.25, -0.2) is 0 Å². The molecular formula is C11H13ClN2O4. The number of carbonyl (C=O) groups excluding carboxylic acids is 1. The van der Waals surface area contributed by atoms with E-state index in [0.29, 0.717) is 5.02 Å². The third-order valence-corrected chi connectivity index (χ3v) is 2.43. The Balaban J connectivity index is 2.69. The van der Waals surface area contributed by atoms with Gasteiger partial charge in [0.05, 0.1) is 18.0 Å². The number of amides is 1. The summed E-state index contributed by atoms with van der Waals surface area (Å²) in [4.78, 5) is 22.9. The molecule has 18 heavy (non-hydrogen) atoms. The summed E-state index contributed by atoms with van der Waals surface area (Å²) in [5.74, 6) is -0.0428. The van der Waals surface area contributed by atoms with Gasteiger partial charge >= 0.3 is 5.69 Å². The molecule has 0 radical (unpaired) electrons. The third kappa shape index (κ3) is 3.89. The molecule has 1 amide bonds. The summed E-state index contributed by atoms with van der Waals surface area (Å²) in [6, 6.07) is 4.04. The molecule has 0 spiro atoms. The van der Waals surface area contributed by atoms with Crippen LogP contribution in [0.5, 0.6) is 5.75 Å². The second-order valence-electron chi connectivity index (χ2n) is 3.76. The topological polar surface area (TPSA) is 72.7 Å². The molecule has 0 unspecified atom stereocenters. The summed E-state index contributed by atoms with van der Waals surface area (Å²) < 4.78 is 5.23. The van der Waals surface area contributed by atoms with Gasteiger partial charge in [-0.05, 0) is 6.07 Å². The molecule has 0 bridgehead atoms. The van der Waals surface area contributed by atoms with Crippen LogP contribution in [0.2, 0.25) is 5.02 Å². The number of nitro groups is 1. The fourth-order valence-corrected chi connectivity index (χ4v) is 1.39. The highest BCUT2D eigenvalue weighted by atomic mass is 35.5. The Labute approximate surface area is 109 Å². The largest absolute Gasteiger partial charge is 0.486 e. The lowest BCUT2D eigenvalue weighted by Gasteiger charge is -2.11. The van der Waals surface area contributed by atoms with E-state index in [-0.39, 0.29) is 30.4 Å². The highest BCUT2D eigenvalue weighted by Gasteiger charge is 2.15. The standard InChI is InChI=1S/C11H13ClN2O4/c1-13(2)11(15)5-6-18-10-7-8(12)3-4-9(10)14(16)17/h3-4,7H,5-6H2,1-2H3. The van der Waals surface area contributed by atoms with Gasteiger partial charge in [0.1, 0.15) is 0 Å². The number of halogens is 1. The van der Waals surface area contributed by atoms with E-state index in [1.165, 1.54) is 23.1 Å². The third-order valence-electron chi connectivity index (χ3n) is 2.19. The van der Waals surface area contributed by atoms with Crippen LogP contribution < -0.4 is 4.74 Å². The number of hydrogen-bond donors (Lipinski definition) is 0. The normalized spacial score (nSPS) is 9.94. The molecule has 0 heterocycles. The Hall–Kier alpha value is -1.82. The summed E-state index contributed by atoms with van der Waals surface area (Å²) >= 11 is 5.74. The molecule has 1 aromatic rings. The van der Waals surface area contributed by atoms with Crippen LogP contribution in [-0.2, 0) is 4.79 Å². The minimum absolute atomic E-state index is 0.0677. The van der Waals surface area contributed by atoms with E-state index < -0.39 is 4.92 Å². The van der Waals surface area contributed by atoms with Crippen molar-refractivity contribution in [2.75, 3.05) is 20.7 Å². The smallest absolute Gasteiger partial charge is 0.311 e. The van der Waals surface area contributed by atoms with Crippen molar-refractivity contribution in [3.05, 3.63) is 33.3 Å². The molecule has 1 aromatic carbocycles. The summed E-state index contributed by atoms with van der Waals surface area (Å²) in [6.45, 7) is 0.0677. The molecule has 0 aromatic heterocycles. The molecule has 7 heteroatoms. The number of nitro benzene ring substituents is 1. The number of rotatable bonds is 5. The first-order valence-corrected chi connectivity index (χ1v) is 5.56. The van der Waals surface area contributed by atoms with Crippen molar-refractivity contribution in [1.29, 1.82) is 0 Å². The SMILES string of the molecule is CN(C)C(=O)CCOc1cc(Cl)ccc1[N+](=O)[O-]. The summed E-state index contributed by atoms with van der Waals surface area (Å²) in [7, 11) is 3.26. The first-order chi connectivity index (χ1) is 8.41. The number of ether oxygens (including phenoxy) is 1. The van der Waals surface area contributed by atoms with Gasteiger partial charge in [-0.15, -0.1) is 0 Å². The zero-order valence-electron chi connectivity index (χ0n) is 10.1. The lowest BCUT2D eigenvalue weighted by atomic mass is 10.3. The van der Waals surface area contributed by atoms with E-state index in [2.05, 4.69) is 0 Å². The fraction of sp³-hybridized carbons (Fsp3) is 0.364. The van der Waals surface area contributed by atoms with Crippen LogP contribution in [0.25, 0.3) is 0 Å². The number of hydrogen-bond acceptors (Lipinski definition) is 4. The molecule has 0 fully saturated rings. The van der Waals surface area contributed by atoms with Gasteiger partial charge < -0.3 is 9.64 Å². The van der Waals surface area contributed by atoms with Crippen LogP contribution in [0.3, 0.4) is 0 Å². The van der Waals surface area contributed by atoms with Crippen molar-refractivity contribution in [2.45, 2.75) is 6.42 Å². The summed E-state index contributed by atoms with van der Waals surface area (Å²) in [6.07, 6.45) is 0.149. The molecule has 6 nitrogen and oxygen atoms in total. The van der Waals surface area contributed by atoms with E-state index in [0.717, 1.165) is 0 Å². The maximum Gasteiger partial charge on any atom is 0.311 e. The second-order valence-corrected chi connectivity index (χ2v) is 4.19. The van der Waals surface area contributed by atoms with E-state index in [1.54, 1.807) is 14.1 Å². The van der Waals surface area contributed by atoms with Crippen molar-refractivity contribution in [1.82, 2.24) is 4.90 Å². The van der Waals surface area contributed by atoms with Crippen molar-refractivity contribution in [3.8, 4) is 5.75 Å². The molecule has 98 valence electrons. The van der Waals surface area contributed by atoms with E-state index >= 15 is 0 Å². The molecule has 0 saturated heterocycles.